The molecule has 1 atom stereocenters. The van der Waals surface area contributed by atoms with Gasteiger partial charge < -0.3 is 9.26 Å². The molecule has 0 amide bonds. The van der Waals surface area contributed by atoms with E-state index in [1.54, 1.807) is 0 Å². The molecule has 5 rings (SSSR count). The summed E-state index contributed by atoms with van der Waals surface area (Å²) in [5.41, 5.74) is 3.33. The van der Waals surface area contributed by atoms with Crippen molar-refractivity contribution in [3.8, 4) is 23.0 Å². The largest absolute Gasteiger partial charge is 0.416 e. The summed E-state index contributed by atoms with van der Waals surface area (Å²) < 4.78 is 51.4. The highest BCUT2D eigenvalue weighted by atomic mass is 19.4. The molecule has 1 aliphatic heterocycles. The molecule has 0 N–H and O–H groups in total. The van der Waals surface area contributed by atoms with Crippen molar-refractivity contribution in [2.75, 3.05) is 0 Å². The first-order valence-corrected chi connectivity index (χ1v) is 9.63. The summed E-state index contributed by atoms with van der Waals surface area (Å²) in [4.78, 5) is 4.30. The highest BCUT2D eigenvalue weighted by Crippen LogP contribution is 2.32. The van der Waals surface area contributed by atoms with Gasteiger partial charge in [-0.05, 0) is 30.7 Å². The SMILES string of the molecule is Cc1ccc(C2Cn3nc(-c4nc(-c5ccc(C(F)(F)F)cc5)no4)cc3CO2)cc1. The van der Waals surface area contributed by atoms with E-state index in [-0.39, 0.29) is 17.8 Å². The van der Waals surface area contributed by atoms with Crippen molar-refractivity contribution in [2.45, 2.75) is 32.4 Å². The van der Waals surface area contributed by atoms with E-state index in [4.69, 9.17) is 9.26 Å². The van der Waals surface area contributed by atoms with Crippen LogP contribution in [0.15, 0.2) is 59.1 Å². The molecule has 9 heteroatoms. The molecule has 0 spiro atoms. The predicted octanol–water partition coefficient (Wildman–Crippen LogP) is 5.20. The standard InChI is InChI=1S/C22H17F3N4O2/c1-13-2-4-14(5-3-13)19-11-29-17(12-30-19)10-18(27-29)21-26-20(28-31-21)15-6-8-16(9-7-15)22(23,24)25/h2-10,19H,11-12H2,1H3. The normalized spacial score (nSPS) is 16.3. The molecule has 4 aromatic rings. The third-order valence-corrected chi connectivity index (χ3v) is 5.20. The first kappa shape index (κ1) is 19.5. The maximum atomic E-state index is 12.7. The Morgan fingerprint density at radius 2 is 1.77 bits per heavy atom. The first-order valence-electron chi connectivity index (χ1n) is 9.63. The van der Waals surface area contributed by atoms with Gasteiger partial charge in [0, 0.05) is 5.56 Å². The zero-order chi connectivity index (χ0) is 21.6. The second-order valence-corrected chi connectivity index (χ2v) is 7.41. The van der Waals surface area contributed by atoms with Crippen molar-refractivity contribution in [2.24, 2.45) is 0 Å². The Morgan fingerprint density at radius 3 is 2.48 bits per heavy atom. The quantitative estimate of drug-likeness (QED) is 0.451. The molecule has 0 saturated heterocycles. The van der Waals surface area contributed by atoms with Gasteiger partial charge in [0.05, 0.1) is 24.4 Å². The van der Waals surface area contributed by atoms with Crippen LogP contribution in [0.5, 0.6) is 0 Å². The van der Waals surface area contributed by atoms with Crippen LogP contribution in [-0.4, -0.2) is 19.9 Å². The number of alkyl halides is 3. The van der Waals surface area contributed by atoms with E-state index in [0.29, 0.717) is 24.4 Å². The van der Waals surface area contributed by atoms with Crippen LogP contribution < -0.4 is 0 Å². The van der Waals surface area contributed by atoms with Gasteiger partial charge >= 0.3 is 6.18 Å². The summed E-state index contributed by atoms with van der Waals surface area (Å²) in [6, 6.07) is 14.6. The molecular formula is C22H17F3N4O2. The summed E-state index contributed by atoms with van der Waals surface area (Å²) in [6.45, 7) is 2.98. The fourth-order valence-corrected chi connectivity index (χ4v) is 3.47. The Bertz CT molecular complexity index is 1210. The third-order valence-electron chi connectivity index (χ3n) is 5.20. The van der Waals surface area contributed by atoms with E-state index < -0.39 is 11.7 Å². The lowest BCUT2D eigenvalue weighted by molar-refractivity contribution is -0.137. The Balaban J connectivity index is 1.36. The molecule has 0 bridgehead atoms. The number of fused-ring (bicyclic) bond motifs is 1. The molecule has 0 saturated carbocycles. The summed E-state index contributed by atoms with van der Waals surface area (Å²) in [5, 5.41) is 8.44. The number of ether oxygens (including phenoxy) is 1. The van der Waals surface area contributed by atoms with Gasteiger partial charge in [0.15, 0.2) is 5.69 Å². The van der Waals surface area contributed by atoms with Crippen LogP contribution in [0.2, 0.25) is 0 Å². The Kier molecular flexibility index (Phi) is 4.62. The lowest BCUT2D eigenvalue weighted by Crippen LogP contribution is -2.21. The summed E-state index contributed by atoms with van der Waals surface area (Å²) >= 11 is 0. The number of aromatic nitrogens is 4. The first-order chi connectivity index (χ1) is 14.9. The van der Waals surface area contributed by atoms with Gasteiger partial charge in [0.1, 0.15) is 6.10 Å². The molecule has 158 valence electrons. The summed E-state index contributed by atoms with van der Waals surface area (Å²) in [5.74, 6) is 0.396. The van der Waals surface area contributed by atoms with Crippen molar-refractivity contribution in [3.63, 3.8) is 0 Å². The highest BCUT2D eigenvalue weighted by Gasteiger charge is 2.30. The molecule has 0 radical (unpaired) electrons. The number of rotatable bonds is 3. The fourth-order valence-electron chi connectivity index (χ4n) is 3.47. The minimum Gasteiger partial charge on any atom is -0.365 e. The minimum atomic E-state index is -4.39. The molecule has 31 heavy (non-hydrogen) atoms. The number of hydrogen-bond donors (Lipinski definition) is 0. The number of aryl methyl sites for hydroxylation is 1. The van der Waals surface area contributed by atoms with Crippen molar-refractivity contribution in [1.29, 1.82) is 0 Å². The number of nitrogens with zero attached hydrogens (tertiary/aromatic N) is 4. The maximum Gasteiger partial charge on any atom is 0.416 e. The van der Waals surface area contributed by atoms with Gasteiger partial charge in [-0.2, -0.15) is 23.3 Å². The zero-order valence-electron chi connectivity index (χ0n) is 16.4. The van der Waals surface area contributed by atoms with Crippen molar-refractivity contribution >= 4 is 0 Å². The molecule has 1 aliphatic rings. The van der Waals surface area contributed by atoms with E-state index in [0.717, 1.165) is 23.4 Å². The smallest absolute Gasteiger partial charge is 0.365 e. The monoisotopic (exact) mass is 426 g/mol. The zero-order valence-corrected chi connectivity index (χ0v) is 16.4. The molecular weight excluding hydrogens is 409 g/mol. The second kappa shape index (κ2) is 7.35. The van der Waals surface area contributed by atoms with Crippen LogP contribution in [0.4, 0.5) is 13.2 Å². The summed E-state index contributed by atoms with van der Waals surface area (Å²) in [6.07, 6.45) is -4.50. The average Bonchev–Trinajstić information content (AvgIpc) is 3.40. The van der Waals surface area contributed by atoms with Crippen molar-refractivity contribution in [3.05, 3.63) is 77.0 Å². The number of halogens is 3. The Hall–Kier alpha value is -3.46. The van der Waals surface area contributed by atoms with Gasteiger partial charge in [-0.1, -0.05) is 47.1 Å². The molecule has 1 unspecified atom stereocenters. The van der Waals surface area contributed by atoms with Gasteiger partial charge in [0.2, 0.25) is 5.82 Å². The van der Waals surface area contributed by atoms with Crippen LogP contribution >= 0.6 is 0 Å². The fraction of sp³-hybridized carbons (Fsp3) is 0.227. The van der Waals surface area contributed by atoms with E-state index >= 15 is 0 Å². The van der Waals surface area contributed by atoms with Crippen molar-refractivity contribution in [1.82, 2.24) is 19.9 Å². The van der Waals surface area contributed by atoms with Crippen LogP contribution in [-0.2, 0) is 24.1 Å². The van der Waals surface area contributed by atoms with E-state index in [2.05, 4.69) is 15.2 Å². The molecule has 6 nitrogen and oxygen atoms in total. The van der Waals surface area contributed by atoms with E-state index in [1.807, 2.05) is 41.9 Å². The van der Waals surface area contributed by atoms with Gasteiger partial charge in [-0.3, -0.25) is 4.68 Å². The van der Waals surface area contributed by atoms with E-state index in [1.165, 1.54) is 17.7 Å². The predicted molar refractivity (Wildman–Crippen MR) is 105 cm³/mol. The minimum absolute atomic E-state index is 0.105. The van der Waals surface area contributed by atoms with Gasteiger partial charge in [-0.25, -0.2) is 0 Å². The molecule has 3 heterocycles. The number of hydrogen-bond acceptors (Lipinski definition) is 5. The Morgan fingerprint density at radius 1 is 1.03 bits per heavy atom. The van der Waals surface area contributed by atoms with Gasteiger partial charge in [-0.15, -0.1) is 0 Å². The number of benzene rings is 2. The van der Waals surface area contributed by atoms with Crippen LogP contribution in [0.3, 0.4) is 0 Å². The van der Waals surface area contributed by atoms with Gasteiger partial charge in [0.25, 0.3) is 5.89 Å². The highest BCUT2D eigenvalue weighted by molar-refractivity contribution is 5.58. The summed E-state index contributed by atoms with van der Waals surface area (Å²) in [7, 11) is 0. The van der Waals surface area contributed by atoms with Crippen LogP contribution in [0, 0.1) is 6.92 Å². The molecule has 2 aromatic carbocycles. The van der Waals surface area contributed by atoms with Crippen molar-refractivity contribution < 1.29 is 22.4 Å². The lowest BCUT2D eigenvalue weighted by Gasteiger charge is -2.24. The lowest BCUT2D eigenvalue weighted by atomic mass is 10.1. The Labute approximate surface area is 175 Å². The molecule has 2 aromatic heterocycles. The maximum absolute atomic E-state index is 12.7. The second-order valence-electron chi connectivity index (χ2n) is 7.41. The average molecular weight is 426 g/mol. The van der Waals surface area contributed by atoms with Crippen LogP contribution in [0.1, 0.15) is 28.5 Å². The molecule has 0 aliphatic carbocycles. The third kappa shape index (κ3) is 3.84. The van der Waals surface area contributed by atoms with Crippen LogP contribution in [0.25, 0.3) is 23.0 Å². The topological polar surface area (TPSA) is 66.0 Å². The molecule has 0 fully saturated rings. The van der Waals surface area contributed by atoms with E-state index in [9.17, 15) is 13.2 Å².